The standard InChI is InChI=1S/C26H28ClN5O/c1-31(2)17-24(18-4-3-5-20(27)12-18)25-13-19(6-7-28-25)23-16-30-26-22(23)14-21(15-29-26)32-8-10-33-11-9-32/h3-7,12-16,24H,8-11,17H2,1-2H3,(H,29,30). The van der Waals surface area contributed by atoms with E-state index in [1.807, 2.05) is 36.8 Å². The third kappa shape index (κ3) is 4.74. The molecule has 0 bridgehead atoms. The summed E-state index contributed by atoms with van der Waals surface area (Å²) in [4.78, 5) is 17.3. The molecule has 4 heterocycles. The molecular formula is C26H28ClN5O. The maximum atomic E-state index is 6.31. The molecule has 1 saturated heterocycles. The highest BCUT2D eigenvalue weighted by Crippen LogP contribution is 2.33. The van der Waals surface area contributed by atoms with Gasteiger partial charge in [-0.1, -0.05) is 23.7 Å². The van der Waals surface area contributed by atoms with Crippen LogP contribution in [0.4, 0.5) is 5.69 Å². The Balaban J connectivity index is 1.54. The first kappa shape index (κ1) is 21.9. The van der Waals surface area contributed by atoms with Crippen molar-refractivity contribution >= 4 is 28.3 Å². The second-order valence-corrected chi connectivity index (χ2v) is 9.17. The molecule has 0 amide bonds. The van der Waals surface area contributed by atoms with E-state index in [2.05, 4.69) is 58.1 Å². The van der Waals surface area contributed by atoms with Crippen LogP contribution in [0.5, 0.6) is 0 Å². The zero-order chi connectivity index (χ0) is 22.8. The number of nitrogens with zero attached hydrogens (tertiary/aromatic N) is 4. The van der Waals surface area contributed by atoms with Gasteiger partial charge in [-0.2, -0.15) is 0 Å². The maximum Gasteiger partial charge on any atom is 0.138 e. The Bertz CT molecular complexity index is 1250. The minimum atomic E-state index is 0.117. The van der Waals surface area contributed by atoms with Crippen LogP contribution in [0.2, 0.25) is 5.02 Å². The molecule has 6 nitrogen and oxygen atoms in total. The number of benzene rings is 1. The van der Waals surface area contributed by atoms with E-state index in [0.717, 1.165) is 77.0 Å². The fourth-order valence-electron chi connectivity index (χ4n) is 4.49. The molecular weight excluding hydrogens is 434 g/mol. The van der Waals surface area contributed by atoms with Crippen molar-refractivity contribution in [2.75, 3.05) is 51.8 Å². The predicted octanol–water partition coefficient (Wildman–Crippen LogP) is 4.81. The first-order chi connectivity index (χ1) is 16.1. The summed E-state index contributed by atoms with van der Waals surface area (Å²) in [5.74, 6) is 0.117. The number of likely N-dealkylation sites (N-methyl/N-ethyl adjacent to an activating group) is 1. The molecule has 7 heteroatoms. The lowest BCUT2D eigenvalue weighted by Crippen LogP contribution is -2.36. The number of pyridine rings is 2. The van der Waals surface area contributed by atoms with Crippen molar-refractivity contribution in [2.45, 2.75) is 5.92 Å². The van der Waals surface area contributed by atoms with Gasteiger partial charge in [0, 0.05) is 59.6 Å². The number of aromatic nitrogens is 3. The Labute approximate surface area is 199 Å². The third-order valence-corrected chi connectivity index (χ3v) is 6.38. The predicted molar refractivity (Wildman–Crippen MR) is 134 cm³/mol. The van der Waals surface area contributed by atoms with Crippen LogP contribution in [0.25, 0.3) is 22.2 Å². The fourth-order valence-corrected chi connectivity index (χ4v) is 4.69. The summed E-state index contributed by atoms with van der Waals surface area (Å²) in [6, 6.07) is 14.6. The number of morpholine rings is 1. The van der Waals surface area contributed by atoms with Crippen molar-refractivity contribution in [3.63, 3.8) is 0 Å². The van der Waals surface area contributed by atoms with E-state index < -0.39 is 0 Å². The SMILES string of the molecule is CN(C)CC(c1cccc(Cl)c1)c1cc(-c2c[nH]c3ncc(N4CCOCC4)cc23)ccn1. The van der Waals surface area contributed by atoms with E-state index in [0.29, 0.717) is 0 Å². The average molecular weight is 462 g/mol. The summed E-state index contributed by atoms with van der Waals surface area (Å²) < 4.78 is 5.51. The van der Waals surface area contributed by atoms with Gasteiger partial charge < -0.3 is 19.5 Å². The molecule has 0 saturated carbocycles. The van der Waals surface area contributed by atoms with Gasteiger partial charge in [0.1, 0.15) is 5.65 Å². The highest BCUT2D eigenvalue weighted by atomic mass is 35.5. The summed E-state index contributed by atoms with van der Waals surface area (Å²) in [7, 11) is 4.17. The second-order valence-electron chi connectivity index (χ2n) is 8.73. The molecule has 3 aromatic heterocycles. The number of nitrogens with one attached hydrogen (secondary N) is 1. The fraction of sp³-hybridized carbons (Fsp3) is 0.308. The molecule has 170 valence electrons. The summed E-state index contributed by atoms with van der Waals surface area (Å²) in [5.41, 5.74) is 6.46. The summed E-state index contributed by atoms with van der Waals surface area (Å²) in [6.07, 6.45) is 5.88. The summed E-state index contributed by atoms with van der Waals surface area (Å²) in [5, 5.41) is 1.86. The van der Waals surface area contributed by atoms with Gasteiger partial charge >= 0.3 is 0 Å². The number of fused-ring (bicyclic) bond motifs is 1. The van der Waals surface area contributed by atoms with Gasteiger partial charge in [-0.15, -0.1) is 0 Å². The molecule has 5 rings (SSSR count). The Morgan fingerprint density at radius 3 is 2.76 bits per heavy atom. The molecule has 1 fully saturated rings. The highest BCUT2D eigenvalue weighted by molar-refractivity contribution is 6.30. The molecule has 0 spiro atoms. The van der Waals surface area contributed by atoms with Crippen molar-refractivity contribution in [2.24, 2.45) is 0 Å². The third-order valence-electron chi connectivity index (χ3n) is 6.14. The molecule has 1 aliphatic rings. The van der Waals surface area contributed by atoms with E-state index in [9.17, 15) is 0 Å². The van der Waals surface area contributed by atoms with Gasteiger partial charge in [0.2, 0.25) is 0 Å². The molecule has 0 aliphatic carbocycles. The lowest BCUT2D eigenvalue weighted by atomic mass is 9.93. The Morgan fingerprint density at radius 2 is 1.97 bits per heavy atom. The van der Waals surface area contributed by atoms with Crippen LogP contribution in [0, 0.1) is 0 Å². The Hall–Kier alpha value is -2.93. The van der Waals surface area contributed by atoms with Crippen molar-refractivity contribution in [3.05, 3.63) is 77.3 Å². The summed E-state index contributed by atoms with van der Waals surface area (Å²) in [6.45, 7) is 4.12. The quantitative estimate of drug-likeness (QED) is 0.446. The van der Waals surface area contributed by atoms with Crippen LogP contribution in [0.15, 0.2) is 61.1 Å². The number of rotatable bonds is 6. The molecule has 4 aromatic rings. The second kappa shape index (κ2) is 9.51. The minimum Gasteiger partial charge on any atom is -0.378 e. The normalized spacial score (nSPS) is 15.3. The van der Waals surface area contributed by atoms with Gasteiger partial charge in [-0.3, -0.25) is 4.98 Å². The zero-order valence-electron chi connectivity index (χ0n) is 19.0. The van der Waals surface area contributed by atoms with E-state index in [1.165, 1.54) is 0 Å². The molecule has 1 unspecified atom stereocenters. The van der Waals surface area contributed by atoms with E-state index in [4.69, 9.17) is 21.3 Å². The number of hydrogen-bond donors (Lipinski definition) is 1. The minimum absolute atomic E-state index is 0.117. The smallest absolute Gasteiger partial charge is 0.138 e. The number of aromatic amines is 1. The largest absolute Gasteiger partial charge is 0.378 e. The monoisotopic (exact) mass is 461 g/mol. The maximum absolute atomic E-state index is 6.31. The van der Waals surface area contributed by atoms with Crippen molar-refractivity contribution in [3.8, 4) is 11.1 Å². The highest BCUT2D eigenvalue weighted by Gasteiger charge is 2.19. The van der Waals surface area contributed by atoms with Gasteiger partial charge in [-0.05, 0) is 55.6 Å². The first-order valence-corrected chi connectivity index (χ1v) is 11.6. The zero-order valence-corrected chi connectivity index (χ0v) is 19.7. The van der Waals surface area contributed by atoms with Gasteiger partial charge in [0.25, 0.3) is 0 Å². The Morgan fingerprint density at radius 1 is 1.12 bits per heavy atom. The molecule has 1 aliphatic heterocycles. The number of ether oxygens (including phenoxy) is 1. The summed E-state index contributed by atoms with van der Waals surface area (Å²) >= 11 is 6.31. The van der Waals surface area contributed by atoms with Crippen LogP contribution in [0.1, 0.15) is 17.2 Å². The van der Waals surface area contributed by atoms with Crippen LogP contribution in [-0.4, -0.2) is 66.8 Å². The van der Waals surface area contributed by atoms with E-state index in [1.54, 1.807) is 0 Å². The van der Waals surface area contributed by atoms with Crippen molar-refractivity contribution in [1.82, 2.24) is 19.9 Å². The molecule has 0 radical (unpaired) electrons. The number of anilines is 1. The van der Waals surface area contributed by atoms with E-state index >= 15 is 0 Å². The van der Waals surface area contributed by atoms with Crippen molar-refractivity contribution < 1.29 is 4.74 Å². The van der Waals surface area contributed by atoms with Crippen LogP contribution < -0.4 is 4.90 Å². The van der Waals surface area contributed by atoms with Crippen LogP contribution in [-0.2, 0) is 4.74 Å². The van der Waals surface area contributed by atoms with Crippen LogP contribution >= 0.6 is 11.6 Å². The molecule has 33 heavy (non-hydrogen) atoms. The molecule has 1 aromatic carbocycles. The van der Waals surface area contributed by atoms with Crippen molar-refractivity contribution in [1.29, 1.82) is 0 Å². The van der Waals surface area contributed by atoms with Gasteiger partial charge in [-0.25, -0.2) is 4.98 Å². The lowest BCUT2D eigenvalue weighted by molar-refractivity contribution is 0.122. The number of H-pyrrole nitrogens is 1. The topological polar surface area (TPSA) is 57.3 Å². The van der Waals surface area contributed by atoms with E-state index in [-0.39, 0.29) is 5.92 Å². The first-order valence-electron chi connectivity index (χ1n) is 11.2. The van der Waals surface area contributed by atoms with Gasteiger partial charge in [0.15, 0.2) is 0 Å². The van der Waals surface area contributed by atoms with Crippen LogP contribution in [0.3, 0.4) is 0 Å². The number of halogens is 1. The Kier molecular flexibility index (Phi) is 6.31. The molecule has 1 N–H and O–H groups in total. The van der Waals surface area contributed by atoms with Gasteiger partial charge in [0.05, 0.1) is 25.1 Å². The lowest BCUT2D eigenvalue weighted by Gasteiger charge is -2.28. The average Bonchev–Trinajstić information content (AvgIpc) is 3.26. The molecule has 1 atom stereocenters. The number of hydrogen-bond acceptors (Lipinski definition) is 5.